The Bertz CT molecular complexity index is 2160. The highest BCUT2D eigenvalue weighted by Gasteiger charge is 2.20. The van der Waals surface area contributed by atoms with Crippen molar-refractivity contribution in [3.63, 3.8) is 0 Å². The van der Waals surface area contributed by atoms with Crippen LogP contribution in [0.3, 0.4) is 0 Å². The van der Waals surface area contributed by atoms with E-state index >= 15 is 0 Å². The summed E-state index contributed by atoms with van der Waals surface area (Å²) < 4.78 is 3.64. The molecule has 8 rings (SSSR count). The van der Waals surface area contributed by atoms with Gasteiger partial charge in [-0.15, -0.1) is 11.3 Å². The lowest BCUT2D eigenvalue weighted by molar-refractivity contribution is 1.19. The van der Waals surface area contributed by atoms with Crippen LogP contribution in [0.4, 0.5) is 0 Å². The van der Waals surface area contributed by atoms with Crippen LogP contribution in [0, 0.1) is 0 Å². The minimum Gasteiger partial charge on any atom is -0.309 e. The summed E-state index contributed by atoms with van der Waals surface area (Å²) in [6.07, 6.45) is 1.87. The predicted molar refractivity (Wildman–Crippen MR) is 159 cm³/mol. The Morgan fingerprint density at radius 2 is 1.49 bits per heavy atom. The first-order valence-electron chi connectivity index (χ1n) is 12.2. The van der Waals surface area contributed by atoms with E-state index in [9.17, 15) is 0 Å². The van der Waals surface area contributed by atoms with E-state index in [1.807, 2.05) is 18.3 Å². The first kappa shape index (κ1) is 21.0. The number of benzene rings is 5. The van der Waals surface area contributed by atoms with Crippen molar-refractivity contribution in [1.29, 1.82) is 0 Å². The number of pyridine rings is 1. The van der Waals surface area contributed by atoms with Gasteiger partial charge in [0.05, 0.1) is 11.0 Å². The third-order valence-electron chi connectivity index (χ3n) is 7.29. The topological polar surface area (TPSA) is 17.8 Å². The summed E-state index contributed by atoms with van der Waals surface area (Å²) >= 11 is 8.35. The molecule has 3 heterocycles. The fourth-order valence-corrected chi connectivity index (χ4v) is 6.93. The summed E-state index contributed by atoms with van der Waals surface area (Å²) in [4.78, 5) is 5.67. The van der Waals surface area contributed by atoms with Crippen LogP contribution in [0.1, 0.15) is 0 Å². The van der Waals surface area contributed by atoms with E-state index in [2.05, 4.69) is 107 Å². The number of hydrogen-bond acceptors (Lipinski definition) is 2. The van der Waals surface area contributed by atoms with E-state index in [-0.39, 0.29) is 0 Å². The molecule has 0 aliphatic heterocycles. The van der Waals surface area contributed by atoms with Gasteiger partial charge in [0.2, 0.25) is 0 Å². The Morgan fingerprint density at radius 1 is 0.649 bits per heavy atom. The maximum absolute atomic E-state index is 6.60. The maximum atomic E-state index is 6.60. The molecule has 0 unspecified atom stereocenters. The lowest BCUT2D eigenvalue weighted by Gasteiger charge is -2.12. The van der Waals surface area contributed by atoms with Crippen LogP contribution in [0.5, 0.6) is 0 Å². The van der Waals surface area contributed by atoms with Gasteiger partial charge in [0.1, 0.15) is 4.83 Å². The van der Waals surface area contributed by atoms with Gasteiger partial charge in [-0.25, -0.2) is 4.98 Å². The summed E-state index contributed by atoms with van der Waals surface area (Å²) in [6.45, 7) is 0. The van der Waals surface area contributed by atoms with Crippen LogP contribution in [0.2, 0.25) is 5.02 Å². The van der Waals surface area contributed by atoms with E-state index in [1.165, 1.54) is 48.3 Å². The highest BCUT2D eigenvalue weighted by Crippen LogP contribution is 2.44. The summed E-state index contributed by atoms with van der Waals surface area (Å²) in [5, 5.41) is 8.01. The van der Waals surface area contributed by atoms with Crippen LogP contribution in [-0.2, 0) is 0 Å². The molecule has 174 valence electrons. The second kappa shape index (κ2) is 7.91. The van der Waals surface area contributed by atoms with E-state index in [4.69, 9.17) is 11.6 Å². The van der Waals surface area contributed by atoms with Crippen molar-refractivity contribution < 1.29 is 0 Å². The lowest BCUT2D eigenvalue weighted by Crippen LogP contribution is -1.94. The molecule has 0 fully saturated rings. The largest absolute Gasteiger partial charge is 0.309 e. The molecule has 0 atom stereocenters. The summed E-state index contributed by atoms with van der Waals surface area (Å²) in [7, 11) is 0. The monoisotopic (exact) mass is 510 g/mol. The molecule has 0 radical (unpaired) electrons. The SMILES string of the molecule is Clc1ccc2c(c1)c1c(-c3ccccc3)c3ccccc3cc1n2-c1ccc2sc3ncccc3c2c1. The lowest BCUT2D eigenvalue weighted by atomic mass is 9.93. The molecule has 0 bridgehead atoms. The van der Waals surface area contributed by atoms with Crippen LogP contribution >= 0.6 is 22.9 Å². The molecule has 2 nitrogen and oxygen atoms in total. The smallest absolute Gasteiger partial charge is 0.124 e. The van der Waals surface area contributed by atoms with Crippen LogP contribution in [0.25, 0.3) is 69.7 Å². The van der Waals surface area contributed by atoms with Gasteiger partial charge in [-0.1, -0.05) is 66.2 Å². The molecule has 4 heteroatoms. The Kier molecular flexibility index (Phi) is 4.48. The molecular weight excluding hydrogens is 492 g/mol. The number of halogens is 1. The molecule has 0 saturated heterocycles. The minimum absolute atomic E-state index is 0.740. The number of rotatable bonds is 2. The minimum atomic E-state index is 0.740. The van der Waals surface area contributed by atoms with Crippen molar-refractivity contribution in [1.82, 2.24) is 9.55 Å². The van der Waals surface area contributed by atoms with Crippen molar-refractivity contribution in [2.75, 3.05) is 0 Å². The summed E-state index contributed by atoms with van der Waals surface area (Å²) in [5.41, 5.74) is 5.89. The van der Waals surface area contributed by atoms with E-state index < -0.39 is 0 Å². The first-order chi connectivity index (χ1) is 18.3. The second-order valence-corrected chi connectivity index (χ2v) is 10.8. The van der Waals surface area contributed by atoms with Gasteiger partial charge in [0, 0.05) is 43.2 Å². The Labute approximate surface area is 222 Å². The Balaban J connectivity index is 1.57. The number of fused-ring (bicyclic) bond motifs is 7. The Hall–Kier alpha value is -4.18. The second-order valence-electron chi connectivity index (χ2n) is 9.37. The number of aromatic nitrogens is 2. The third kappa shape index (κ3) is 3.08. The number of thiophene rings is 1. The van der Waals surface area contributed by atoms with Gasteiger partial charge in [-0.3, -0.25) is 0 Å². The number of hydrogen-bond donors (Lipinski definition) is 0. The van der Waals surface area contributed by atoms with Crippen LogP contribution in [-0.4, -0.2) is 9.55 Å². The number of nitrogens with zero attached hydrogens (tertiary/aromatic N) is 2. The third-order valence-corrected chi connectivity index (χ3v) is 8.62. The standard InChI is InChI=1S/C33H19ClN2S/c34-22-12-14-28-27(18-22)32-29(17-21-9-4-5-10-24(21)31(32)20-7-2-1-3-8-20)36(28)23-13-15-30-26(19-23)25-11-6-16-35-33(25)37-30/h1-19H. The van der Waals surface area contributed by atoms with Crippen LogP contribution in [0.15, 0.2) is 115 Å². The molecule has 0 aliphatic rings. The van der Waals surface area contributed by atoms with Crippen molar-refractivity contribution >= 4 is 75.8 Å². The van der Waals surface area contributed by atoms with Gasteiger partial charge in [-0.05, 0) is 76.5 Å². The zero-order valence-electron chi connectivity index (χ0n) is 19.7. The van der Waals surface area contributed by atoms with E-state index in [0.717, 1.165) is 26.4 Å². The van der Waals surface area contributed by atoms with Gasteiger partial charge < -0.3 is 4.57 Å². The highest BCUT2D eigenvalue weighted by molar-refractivity contribution is 7.25. The quantitative estimate of drug-likeness (QED) is 0.226. The van der Waals surface area contributed by atoms with Crippen molar-refractivity contribution in [2.24, 2.45) is 0 Å². The average molecular weight is 511 g/mol. The fraction of sp³-hybridized carbons (Fsp3) is 0. The fourth-order valence-electron chi connectivity index (χ4n) is 5.74. The van der Waals surface area contributed by atoms with Gasteiger partial charge in [0.25, 0.3) is 0 Å². The molecule has 3 aromatic heterocycles. The summed E-state index contributed by atoms with van der Waals surface area (Å²) in [6, 6.07) is 38.9. The zero-order chi connectivity index (χ0) is 24.5. The predicted octanol–water partition coefficient (Wildman–Crippen LogP) is 10.0. The molecule has 0 spiro atoms. The molecule has 5 aromatic carbocycles. The van der Waals surface area contributed by atoms with Gasteiger partial charge in [-0.2, -0.15) is 0 Å². The molecule has 0 saturated carbocycles. The maximum Gasteiger partial charge on any atom is 0.124 e. The highest BCUT2D eigenvalue weighted by atomic mass is 35.5. The summed E-state index contributed by atoms with van der Waals surface area (Å²) in [5.74, 6) is 0. The molecule has 0 amide bonds. The van der Waals surface area contributed by atoms with Crippen molar-refractivity contribution in [2.45, 2.75) is 0 Å². The molecule has 8 aromatic rings. The van der Waals surface area contributed by atoms with Crippen molar-refractivity contribution in [3.05, 3.63) is 120 Å². The molecular formula is C33H19ClN2S. The average Bonchev–Trinajstić information content (AvgIpc) is 3.47. The van der Waals surface area contributed by atoms with Gasteiger partial charge in [0.15, 0.2) is 0 Å². The molecule has 0 aliphatic carbocycles. The zero-order valence-corrected chi connectivity index (χ0v) is 21.2. The molecule has 37 heavy (non-hydrogen) atoms. The normalized spacial score (nSPS) is 11.9. The van der Waals surface area contributed by atoms with E-state index in [1.54, 1.807) is 11.3 Å². The van der Waals surface area contributed by atoms with E-state index in [0.29, 0.717) is 0 Å². The molecule has 0 N–H and O–H groups in total. The van der Waals surface area contributed by atoms with Crippen LogP contribution < -0.4 is 0 Å². The van der Waals surface area contributed by atoms with Crippen molar-refractivity contribution in [3.8, 4) is 16.8 Å². The van der Waals surface area contributed by atoms with Gasteiger partial charge >= 0.3 is 0 Å². The Morgan fingerprint density at radius 3 is 2.41 bits per heavy atom. The first-order valence-corrected chi connectivity index (χ1v) is 13.4.